The van der Waals surface area contributed by atoms with E-state index in [9.17, 15) is 18.0 Å². The summed E-state index contributed by atoms with van der Waals surface area (Å²) >= 11 is 0. The predicted octanol–water partition coefficient (Wildman–Crippen LogP) is 3.97. The van der Waals surface area contributed by atoms with Crippen LogP contribution in [-0.4, -0.2) is 40.6 Å². The third-order valence-electron chi connectivity index (χ3n) is 5.16. The van der Waals surface area contributed by atoms with Gasteiger partial charge in [0.05, 0.1) is 11.6 Å². The third kappa shape index (κ3) is 4.69. The van der Waals surface area contributed by atoms with Crippen molar-refractivity contribution in [2.45, 2.75) is 18.6 Å². The number of primary amides is 1. The molecule has 0 spiro atoms. The maximum atomic E-state index is 13.3. The first-order valence-corrected chi connectivity index (χ1v) is 9.68. The lowest BCUT2D eigenvalue weighted by molar-refractivity contribution is -0.137. The Hall–Kier alpha value is -3.40. The normalized spacial score (nSPS) is 15.3. The Labute approximate surface area is 176 Å². The number of carbonyl (C=O) groups excluding carboxylic acids is 1. The number of anilines is 1. The highest BCUT2D eigenvalue weighted by atomic mass is 19.4. The van der Waals surface area contributed by atoms with Crippen LogP contribution < -0.4 is 15.8 Å². The third-order valence-corrected chi connectivity index (χ3v) is 5.16. The molecule has 1 aromatic heterocycles. The standard InChI is InChI=1S/C21H20F3N5O2/c22-21(23,24)14-5-1-4-13(10-14)16(11-29-8-3-9-29)28-19-15-6-2-7-17(31-20(25)30)18(15)26-12-27-19/h1-2,4-7,10,12,16H,3,8-9,11H2,(H2,25,30)(H,26,27,28)/t16-/m1/s1. The molecule has 1 aliphatic heterocycles. The monoisotopic (exact) mass is 431 g/mol. The predicted molar refractivity (Wildman–Crippen MR) is 109 cm³/mol. The summed E-state index contributed by atoms with van der Waals surface area (Å²) in [4.78, 5) is 21.8. The summed E-state index contributed by atoms with van der Waals surface area (Å²) in [5.74, 6) is 0.594. The molecule has 3 N–H and O–H groups in total. The molecule has 2 aromatic carbocycles. The number of hydrogen-bond donors (Lipinski definition) is 2. The molecule has 1 amide bonds. The summed E-state index contributed by atoms with van der Waals surface area (Å²) in [6, 6.07) is 9.77. The van der Waals surface area contributed by atoms with Crippen molar-refractivity contribution in [3.8, 4) is 5.75 Å². The quantitative estimate of drug-likeness (QED) is 0.614. The molecule has 1 atom stereocenters. The van der Waals surface area contributed by atoms with Gasteiger partial charge in [0, 0.05) is 11.9 Å². The number of fused-ring (bicyclic) bond motifs is 1. The Morgan fingerprint density at radius 3 is 2.65 bits per heavy atom. The molecule has 1 aliphatic rings. The van der Waals surface area contributed by atoms with Gasteiger partial charge >= 0.3 is 12.3 Å². The first-order valence-electron chi connectivity index (χ1n) is 9.68. The molecular weight excluding hydrogens is 411 g/mol. The van der Waals surface area contributed by atoms with E-state index < -0.39 is 23.9 Å². The molecular formula is C21H20F3N5O2. The zero-order valence-electron chi connectivity index (χ0n) is 16.4. The molecule has 1 fully saturated rings. The summed E-state index contributed by atoms with van der Waals surface area (Å²) in [6.07, 6.45) is -3.05. The Balaban J connectivity index is 1.71. The molecule has 162 valence electrons. The van der Waals surface area contributed by atoms with E-state index in [1.165, 1.54) is 12.4 Å². The number of rotatable bonds is 6. The van der Waals surface area contributed by atoms with Gasteiger partial charge in [0.1, 0.15) is 17.7 Å². The van der Waals surface area contributed by atoms with Crippen molar-refractivity contribution in [1.29, 1.82) is 0 Å². The largest absolute Gasteiger partial charge is 0.416 e. The number of alkyl halides is 3. The number of aromatic nitrogens is 2. The smallest absolute Gasteiger partial charge is 0.408 e. The molecule has 0 radical (unpaired) electrons. The average molecular weight is 431 g/mol. The van der Waals surface area contributed by atoms with E-state index in [2.05, 4.69) is 20.2 Å². The van der Waals surface area contributed by atoms with Crippen molar-refractivity contribution in [3.63, 3.8) is 0 Å². The maximum absolute atomic E-state index is 13.3. The van der Waals surface area contributed by atoms with Crippen molar-refractivity contribution in [3.05, 3.63) is 59.9 Å². The molecule has 4 rings (SSSR count). The van der Waals surface area contributed by atoms with E-state index in [4.69, 9.17) is 10.5 Å². The SMILES string of the molecule is NC(=O)Oc1cccc2c(N[C@H](CN3CCC3)c3cccc(C(F)(F)F)c3)ncnc12. The number of carbonyl (C=O) groups is 1. The Morgan fingerprint density at radius 2 is 1.97 bits per heavy atom. The number of nitrogens with one attached hydrogen (secondary N) is 1. The van der Waals surface area contributed by atoms with E-state index in [1.54, 1.807) is 24.3 Å². The van der Waals surface area contributed by atoms with Gasteiger partial charge in [0.25, 0.3) is 0 Å². The van der Waals surface area contributed by atoms with Gasteiger partial charge in [-0.2, -0.15) is 13.2 Å². The number of benzene rings is 2. The van der Waals surface area contributed by atoms with Crippen LogP contribution in [0.3, 0.4) is 0 Å². The van der Waals surface area contributed by atoms with Crippen molar-refractivity contribution >= 4 is 22.8 Å². The number of likely N-dealkylation sites (tertiary alicyclic amines) is 1. The highest BCUT2D eigenvalue weighted by Crippen LogP contribution is 2.33. The number of para-hydroxylation sites is 1. The van der Waals surface area contributed by atoms with Crippen LogP contribution >= 0.6 is 0 Å². The average Bonchev–Trinajstić information content (AvgIpc) is 2.69. The van der Waals surface area contributed by atoms with E-state index in [0.29, 0.717) is 28.8 Å². The Kier molecular flexibility index (Phi) is 5.64. The fourth-order valence-corrected chi connectivity index (χ4v) is 3.52. The first-order chi connectivity index (χ1) is 14.8. The van der Waals surface area contributed by atoms with Gasteiger partial charge in [-0.15, -0.1) is 0 Å². The zero-order chi connectivity index (χ0) is 22.0. The van der Waals surface area contributed by atoms with Gasteiger partial charge < -0.3 is 20.7 Å². The summed E-state index contributed by atoms with van der Waals surface area (Å²) in [6.45, 7) is 2.29. The summed E-state index contributed by atoms with van der Waals surface area (Å²) in [7, 11) is 0. The summed E-state index contributed by atoms with van der Waals surface area (Å²) in [5, 5.41) is 3.82. The number of ether oxygens (including phenoxy) is 1. The van der Waals surface area contributed by atoms with Crippen molar-refractivity contribution < 1.29 is 22.7 Å². The molecule has 0 unspecified atom stereocenters. The lowest BCUT2D eigenvalue weighted by Gasteiger charge is -2.35. The minimum atomic E-state index is -4.43. The number of halogens is 3. The molecule has 0 saturated carbocycles. The summed E-state index contributed by atoms with van der Waals surface area (Å²) in [5.41, 5.74) is 5.28. The molecule has 10 heteroatoms. The van der Waals surface area contributed by atoms with Gasteiger partial charge in [-0.25, -0.2) is 14.8 Å². The van der Waals surface area contributed by atoms with Crippen LogP contribution in [0.2, 0.25) is 0 Å². The highest BCUT2D eigenvalue weighted by Gasteiger charge is 2.31. The van der Waals surface area contributed by atoms with Crippen LogP contribution in [0.25, 0.3) is 10.9 Å². The number of amides is 1. The number of hydrogen-bond acceptors (Lipinski definition) is 6. The minimum absolute atomic E-state index is 0.175. The second-order valence-electron chi connectivity index (χ2n) is 7.27. The Bertz CT molecular complexity index is 1100. The van der Waals surface area contributed by atoms with Crippen molar-refractivity contribution in [2.24, 2.45) is 5.73 Å². The zero-order valence-corrected chi connectivity index (χ0v) is 16.4. The number of nitrogens with two attached hydrogens (primary N) is 1. The van der Waals surface area contributed by atoms with Crippen LogP contribution in [0.1, 0.15) is 23.6 Å². The molecule has 0 bridgehead atoms. The van der Waals surface area contributed by atoms with Crippen LogP contribution in [0.15, 0.2) is 48.8 Å². The lowest BCUT2D eigenvalue weighted by Crippen LogP contribution is -2.41. The van der Waals surface area contributed by atoms with E-state index in [-0.39, 0.29) is 5.75 Å². The molecule has 3 aromatic rings. The molecule has 0 aliphatic carbocycles. The van der Waals surface area contributed by atoms with Gasteiger partial charge in [-0.1, -0.05) is 18.2 Å². The topological polar surface area (TPSA) is 93.4 Å². The van der Waals surface area contributed by atoms with Crippen molar-refractivity contribution in [2.75, 3.05) is 25.0 Å². The lowest BCUT2D eigenvalue weighted by atomic mass is 10.0. The summed E-state index contributed by atoms with van der Waals surface area (Å²) < 4.78 is 44.8. The molecule has 31 heavy (non-hydrogen) atoms. The molecule has 7 nitrogen and oxygen atoms in total. The second kappa shape index (κ2) is 8.38. The van der Waals surface area contributed by atoms with Crippen LogP contribution in [0, 0.1) is 0 Å². The second-order valence-corrected chi connectivity index (χ2v) is 7.27. The first kappa shape index (κ1) is 20.9. The highest BCUT2D eigenvalue weighted by molar-refractivity contribution is 5.94. The maximum Gasteiger partial charge on any atom is 0.416 e. The Morgan fingerprint density at radius 1 is 1.19 bits per heavy atom. The van der Waals surface area contributed by atoms with E-state index in [0.717, 1.165) is 31.6 Å². The molecule has 1 saturated heterocycles. The van der Waals surface area contributed by atoms with Gasteiger partial charge in [0.15, 0.2) is 5.75 Å². The minimum Gasteiger partial charge on any atom is -0.408 e. The van der Waals surface area contributed by atoms with Crippen LogP contribution in [-0.2, 0) is 6.18 Å². The molecule has 2 heterocycles. The van der Waals surface area contributed by atoms with E-state index in [1.807, 2.05) is 0 Å². The van der Waals surface area contributed by atoms with Crippen LogP contribution in [0.5, 0.6) is 5.75 Å². The van der Waals surface area contributed by atoms with Gasteiger partial charge in [-0.05, 0) is 49.3 Å². The van der Waals surface area contributed by atoms with E-state index >= 15 is 0 Å². The fraction of sp³-hybridized carbons (Fsp3) is 0.286. The van der Waals surface area contributed by atoms with Crippen molar-refractivity contribution in [1.82, 2.24) is 14.9 Å². The van der Waals surface area contributed by atoms with Gasteiger partial charge in [0.2, 0.25) is 0 Å². The number of nitrogens with zero attached hydrogens (tertiary/aromatic N) is 3. The van der Waals surface area contributed by atoms with Gasteiger partial charge in [-0.3, -0.25) is 0 Å². The fourth-order valence-electron chi connectivity index (χ4n) is 3.52. The van der Waals surface area contributed by atoms with Crippen LogP contribution in [0.4, 0.5) is 23.8 Å².